The molecule has 1 heterocycles. The van der Waals surface area contributed by atoms with Crippen LogP contribution in [0.15, 0.2) is 29.2 Å². The van der Waals surface area contributed by atoms with Crippen molar-refractivity contribution in [1.82, 2.24) is 5.32 Å². The summed E-state index contributed by atoms with van der Waals surface area (Å²) in [6.45, 7) is 6.76. The zero-order chi connectivity index (χ0) is 18.0. The second-order valence-electron chi connectivity index (χ2n) is 6.80. The van der Waals surface area contributed by atoms with Gasteiger partial charge in [-0.15, -0.1) is 0 Å². The molecule has 0 aromatic heterocycles. The van der Waals surface area contributed by atoms with Crippen molar-refractivity contribution in [2.24, 2.45) is 0 Å². The first-order valence-electron chi connectivity index (χ1n) is 8.45. The largest absolute Gasteiger partial charge is 0.312 e. The third-order valence-corrected chi connectivity index (χ3v) is 8.68. The number of unbranched alkanes of at least 4 members (excludes halogenated alkanes) is 1. The Balaban J connectivity index is 2.27. The van der Waals surface area contributed by atoms with Crippen molar-refractivity contribution < 1.29 is 16.8 Å². The van der Waals surface area contributed by atoms with Crippen LogP contribution in [0.5, 0.6) is 0 Å². The molecule has 136 valence electrons. The number of benzene rings is 1. The lowest BCUT2D eigenvalue weighted by Crippen LogP contribution is -2.43. The molecule has 0 saturated carbocycles. The van der Waals surface area contributed by atoms with Crippen molar-refractivity contribution >= 4 is 19.7 Å². The molecule has 5 nitrogen and oxygen atoms in total. The molecule has 0 amide bonds. The van der Waals surface area contributed by atoms with E-state index in [1.807, 2.05) is 20.8 Å². The molecule has 0 bridgehead atoms. The van der Waals surface area contributed by atoms with Gasteiger partial charge in [-0.05, 0) is 36.6 Å². The van der Waals surface area contributed by atoms with E-state index >= 15 is 0 Å². The number of hydrogen-bond donors (Lipinski definition) is 1. The highest BCUT2D eigenvalue weighted by Crippen LogP contribution is 2.27. The molecule has 24 heavy (non-hydrogen) atoms. The fourth-order valence-corrected chi connectivity index (χ4v) is 7.71. The molecular weight excluding hydrogens is 346 g/mol. The second-order valence-corrected chi connectivity index (χ2v) is 11.1. The summed E-state index contributed by atoms with van der Waals surface area (Å²) in [6.07, 6.45) is 1.87. The SMILES string of the molecule is CCCCN[C@H]1CS(=O)(=O)C[C@@H]1S(=O)(=O)c1ccc(C(C)C)cc1. The van der Waals surface area contributed by atoms with E-state index in [4.69, 9.17) is 0 Å². The molecule has 0 unspecified atom stereocenters. The minimum atomic E-state index is -3.68. The molecule has 1 saturated heterocycles. The molecule has 0 radical (unpaired) electrons. The number of hydrogen-bond acceptors (Lipinski definition) is 5. The summed E-state index contributed by atoms with van der Waals surface area (Å²) in [4.78, 5) is 0.205. The van der Waals surface area contributed by atoms with E-state index in [0.29, 0.717) is 12.5 Å². The zero-order valence-corrected chi connectivity index (χ0v) is 16.2. The summed E-state index contributed by atoms with van der Waals surface area (Å²) in [5, 5.41) is 2.22. The molecule has 1 aromatic rings. The Morgan fingerprint density at radius 2 is 1.79 bits per heavy atom. The lowest BCUT2D eigenvalue weighted by molar-refractivity contribution is 0.518. The second kappa shape index (κ2) is 7.54. The van der Waals surface area contributed by atoms with E-state index in [2.05, 4.69) is 5.32 Å². The maximum absolute atomic E-state index is 12.9. The third-order valence-electron chi connectivity index (χ3n) is 4.51. The van der Waals surface area contributed by atoms with Crippen molar-refractivity contribution in [2.75, 3.05) is 18.1 Å². The number of nitrogens with one attached hydrogen (secondary N) is 1. The molecule has 1 aromatic carbocycles. The van der Waals surface area contributed by atoms with E-state index in [9.17, 15) is 16.8 Å². The Morgan fingerprint density at radius 3 is 2.33 bits per heavy atom. The minimum absolute atomic E-state index is 0.106. The average Bonchev–Trinajstić information content (AvgIpc) is 2.83. The minimum Gasteiger partial charge on any atom is -0.312 e. The summed E-state index contributed by atoms with van der Waals surface area (Å²) in [7, 11) is -7.02. The molecule has 2 rings (SSSR count). The van der Waals surface area contributed by atoms with Crippen LogP contribution >= 0.6 is 0 Å². The fraction of sp³-hybridized carbons (Fsp3) is 0.647. The van der Waals surface area contributed by atoms with Crippen molar-refractivity contribution in [1.29, 1.82) is 0 Å². The van der Waals surface area contributed by atoms with Gasteiger partial charge in [0.2, 0.25) is 0 Å². The summed E-state index contributed by atoms with van der Waals surface area (Å²) in [6, 6.07) is 6.27. The van der Waals surface area contributed by atoms with Gasteiger partial charge >= 0.3 is 0 Å². The highest BCUT2D eigenvalue weighted by atomic mass is 32.2. The van der Waals surface area contributed by atoms with Gasteiger partial charge in [0.25, 0.3) is 0 Å². The Kier molecular flexibility index (Phi) is 6.09. The van der Waals surface area contributed by atoms with Crippen LogP contribution in [-0.4, -0.2) is 46.2 Å². The molecule has 1 aliphatic heterocycles. The normalized spacial score (nSPS) is 23.7. The van der Waals surface area contributed by atoms with Crippen LogP contribution in [0.25, 0.3) is 0 Å². The summed E-state index contributed by atoms with van der Waals surface area (Å²) < 4.78 is 49.9. The van der Waals surface area contributed by atoms with Gasteiger partial charge in [0.1, 0.15) is 0 Å². The van der Waals surface area contributed by atoms with Gasteiger partial charge in [-0.25, -0.2) is 16.8 Å². The molecule has 7 heteroatoms. The van der Waals surface area contributed by atoms with Gasteiger partial charge in [0.05, 0.1) is 21.7 Å². The molecular formula is C17H27NO4S2. The van der Waals surface area contributed by atoms with Gasteiger partial charge in [0, 0.05) is 6.04 Å². The summed E-state index contributed by atoms with van der Waals surface area (Å²) in [5.41, 5.74) is 1.06. The van der Waals surface area contributed by atoms with Gasteiger partial charge in [-0.3, -0.25) is 0 Å². The van der Waals surface area contributed by atoms with Crippen LogP contribution in [0.4, 0.5) is 0 Å². The summed E-state index contributed by atoms with van der Waals surface area (Å²) in [5.74, 6) is -0.0903. The Hall–Kier alpha value is -0.920. The van der Waals surface area contributed by atoms with E-state index in [-0.39, 0.29) is 16.4 Å². The van der Waals surface area contributed by atoms with Crippen molar-refractivity contribution in [3.63, 3.8) is 0 Å². The predicted octanol–water partition coefficient (Wildman–Crippen LogP) is 2.14. The zero-order valence-electron chi connectivity index (χ0n) is 14.5. The maximum atomic E-state index is 12.9. The van der Waals surface area contributed by atoms with Crippen LogP contribution in [0.2, 0.25) is 0 Å². The quantitative estimate of drug-likeness (QED) is 0.741. The van der Waals surface area contributed by atoms with E-state index < -0.39 is 31.0 Å². The molecule has 0 aliphatic carbocycles. The van der Waals surface area contributed by atoms with Crippen LogP contribution in [0.3, 0.4) is 0 Å². The smallest absolute Gasteiger partial charge is 0.183 e. The number of rotatable bonds is 7. The number of sulfone groups is 2. The first kappa shape index (κ1) is 19.4. The Labute approximate surface area is 145 Å². The van der Waals surface area contributed by atoms with E-state index in [1.54, 1.807) is 24.3 Å². The topological polar surface area (TPSA) is 80.3 Å². The van der Waals surface area contributed by atoms with Crippen LogP contribution in [-0.2, 0) is 19.7 Å². The monoisotopic (exact) mass is 373 g/mol. The van der Waals surface area contributed by atoms with Gasteiger partial charge in [-0.2, -0.15) is 0 Å². The van der Waals surface area contributed by atoms with Crippen molar-refractivity contribution in [2.45, 2.75) is 55.7 Å². The Bertz CT molecular complexity index is 752. The van der Waals surface area contributed by atoms with E-state index in [0.717, 1.165) is 18.4 Å². The van der Waals surface area contributed by atoms with Crippen LogP contribution < -0.4 is 5.32 Å². The van der Waals surface area contributed by atoms with Gasteiger partial charge < -0.3 is 5.32 Å². The van der Waals surface area contributed by atoms with E-state index in [1.165, 1.54) is 0 Å². The molecule has 0 spiro atoms. The Morgan fingerprint density at radius 1 is 1.17 bits per heavy atom. The lowest BCUT2D eigenvalue weighted by atomic mass is 10.0. The fourth-order valence-electron chi connectivity index (χ4n) is 2.99. The standard InChI is InChI=1S/C17H27NO4S2/c1-4-5-10-18-16-11-23(19,20)12-17(16)24(21,22)15-8-6-14(7-9-15)13(2)3/h6-9,13,16-18H,4-5,10-12H2,1-3H3/t16-,17-/m0/s1. The van der Waals surface area contributed by atoms with Gasteiger partial charge in [0.15, 0.2) is 19.7 Å². The first-order valence-corrected chi connectivity index (χ1v) is 11.8. The van der Waals surface area contributed by atoms with Crippen LogP contribution in [0, 0.1) is 0 Å². The molecule has 1 aliphatic rings. The van der Waals surface area contributed by atoms with Crippen molar-refractivity contribution in [3.05, 3.63) is 29.8 Å². The first-order chi connectivity index (χ1) is 11.2. The predicted molar refractivity (Wildman–Crippen MR) is 96.9 cm³/mol. The van der Waals surface area contributed by atoms with Crippen molar-refractivity contribution in [3.8, 4) is 0 Å². The van der Waals surface area contributed by atoms with Gasteiger partial charge in [-0.1, -0.05) is 39.3 Å². The third kappa shape index (κ3) is 4.37. The molecule has 2 atom stereocenters. The lowest BCUT2D eigenvalue weighted by Gasteiger charge is -2.20. The summed E-state index contributed by atoms with van der Waals surface area (Å²) >= 11 is 0. The highest BCUT2D eigenvalue weighted by molar-refractivity contribution is 7.96. The molecule has 1 N–H and O–H groups in total. The van der Waals surface area contributed by atoms with Crippen LogP contribution in [0.1, 0.15) is 45.1 Å². The molecule has 1 fully saturated rings. The average molecular weight is 374 g/mol. The maximum Gasteiger partial charge on any atom is 0.183 e. The highest BCUT2D eigenvalue weighted by Gasteiger charge is 2.45.